The third-order valence-corrected chi connectivity index (χ3v) is 3.48. The van der Waals surface area contributed by atoms with Crippen molar-refractivity contribution in [1.29, 1.82) is 0 Å². The number of ketones is 1. The summed E-state index contributed by atoms with van der Waals surface area (Å²) in [7, 11) is 0. The van der Waals surface area contributed by atoms with Gasteiger partial charge in [-0.15, -0.1) is 0 Å². The molecule has 0 aliphatic heterocycles. The molecule has 1 aliphatic carbocycles. The zero-order valence-corrected chi connectivity index (χ0v) is 10.6. The second kappa shape index (κ2) is 5.26. The summed E-state index contributed by atoms with van der Waals surface area (Å²) in [5.41, 5.74) is 0.715. The Morgan fingerprint density at radius 1 is 1.37 bits per heavy atom. The van der Waals surface area contributed by atoms with Crippen molar-refractivity contribution >= 4 is 17.7 Å². The fourth-order valence-electron chi connectivity index (χ4n) is 2.40. The molecule has 1 aromatic heterocycles. The van der Waals surface area contributed by atoms with Crippen molar-refractivity contribution in [2.75, 3.05) is 0 Å². The van der Waals surface area contributed by atoms with E-state index >= 15 is 0 Å². The topological polar surface area (TPSA) is 99.3 Å². The number of aromatic amines is 1. The maximum absolute atomic E-state index is 12.0. The molecular formula is C13H16N2O4. The van der Waals surface area contributed by atoms with Crippen LogP contribution in [0.25, 0.3) is 0 Å². The number of hydrogen-bond acceptors (Lipinski definition) is 3. The van der Waals surface area contributed by atoms with Gasteiger partial charge in [0.2, 0.25) is 0 Å². The Bertz CT molecular complexity index is 520. The maximum atomic E-state index is 12.0. The first-order valence-corrected chi connectivity index (χ1v) is 6.22. The fourth-order valence-corrected chi connectivity index (χ4v) is 2.40. The van der Waals surface area contributed by atoms with Crippen molar-refractivity contribution in [3.8, 4) is 0 Å². The zero-order valence-electron chi connectivity index (χ0n) is 10.6. The Kier molecular flexibility index (Phi) is 3.69. The van der Waals surface area contributed by atoms with Gasteiger partial charge in [-0.05, 0) is 25.8 Å². The summed E-state index contributed by atoms with van der Waals surface area (Å²) in [5, 5.41) is 11.8. The average Bonchev–Trinajstić information content (AvgIpc) is 2.96. The molecule has 1 fully saturated rings. The van der Waals surface area contributed by atoms with Gasteiger partial charge in [0.25, 0.3) is 5.91 Å². The molecule has 0 spiro atoms. The van der Waals surface area contributed by atoms with E-state index in [4.69, 9.17) is 5.11 Å². The molecule has 2 unspecified atom stereocenters. The van der Waals surface area contributed by atoms with Gasteiger partial charge in [0, 0.05) is 17.8 Å². The smallest absolute Gasteiger partial charge is 0.308 e. The number of aliphatic carboxylic acids is 1. The van der Waals surface area contributed by atoms with Gasteiger partial charge in [-0.1, -0.05) is 6.42 Å². The number of H-pyrrole nitrogens is 1. The molecule has 0 aromatic carbocycles. The Labute approximate surface area is 110 Å². The Balaban J connectivity index is 2.04. The number of carbonyl (C=O) groups is 3. The SMILES string of the molecule is CC(=O)c1c[nH]c(C(=O)NC2CCCC2C(=O)O)c1. The highest BCUT2D eigenvalue weighted by Crippen LogP contribution is 2.26. The van der Waals surface area contributed by atoms with Gasteiger partial charge in [0.05, 0.1) is 5.92 Å². The number of hydrogen-bond donors (Lipinski definition) is 3. The molecule has 1 aromatic rings. The van der Waals surface area contributed by atoms with E-state index in [9.17, 15) is 14.4 Å². The van der Waals surface area contributed by atoms with E-state index < -0.39 is 11.9 Å². The summed E-state index contributed by atoms with van der Waals surface area (Å²) in [6.07, 6.45) is 3.53. The molecule has 19 heavy (non-hydrogen) atoms. The number of carbonyl (C=O) groups excluding carboxylic acids is 2. The van der Waals surface area contributed by atoms with E-state index in [1.165, 1.54) is 19.2 Å². The van der Waals surface area contributed by atoms with E-state index in [1.54, 1.807) is 0 Å². The number of rotatable bonds is 4. The van der Waals surface area contributed by atoms with E-state index in [2.05, 4.69) is 10.3 Å². The van der Waals surface area contributed by atoms with Crippen molar-refractivity contribution in [2.24, 2.45) is 5.92 Å². The summed E-state index contributed by atoms with van der Waals surface area (Å²) >= 11 is 0. The van der Waals surface area contributed by atoms with Crippen molar-refractivity contribution in [1.82, 2.24) is 10.3 Å². The van der Waals surface area contributed by atoms with Crippen LogP contribution in [0.15, 0.2) is 12.3 Å². The van der Waals surface area contributed by atoms with Gasteiger partial charge in [0.1, 0.15) is 5.69 Å². The Morgan fingerprint density at radius 3 is 2.68 bits per heavy atom. The largest absolute Gasteiger partial charge is 0.481 e. The van der Waals surface area contributed by atoms with Crippen LogP contribution in [0, 0.1) is 5.92 Å². The summed E-state index contributed by atoms with van der Waals surface area (Å²) < 4.78 is 0. The number of nitrogens with one attached hydrogen (secondary N) is 2. The number of carboxylic acid groups (broad SMARTS) is 1. The first-order valence-electron chi connectivity index (χ1n) is 6.22. The molecule has 0 bridgehead atoms. The molecule has 102 valence electrons. The van der Waals surface area contributed by atoms with Gasteiger partial charge in [-0.25, -0.2) is 0 Å². The molecule has 0 radical (unpaired) electrons. The van der Waals surface area contributed by atoms with Crippen LogP contribution in [0.5, 0.6) is 0 Å². The number of amides is 1. The Hall–Kier alpha value is -2.11. The van der Waals surface area contributed by atoms with Gasteiger partial charge >= 0.3 is 5.97 Å². The zero-order chi connectivity index (χ0) is 14.0. The third kappa shape index (κ3) is 2.83. The predicted octanol–water partition coefficient (Wildman–Crippen LogP) is 1.20. The maximum Gasteiger partial charge on any atom is 0.308 e. The highest BCUT2D eigenvalue weighted by atomic mass is 16.4. The molecular weight excluding hydrogens is 248 g/mol. The highest BCUT2D eigenvalue weighted by Gasteiger charge is 2.34. The van der Waals surface area contributed by atoms with Gasteiger partial charge in [-0.3, -0.25) is 14.4 Å². The summed E-state index contributed by atoms with van der Waals surface area (Å²) in [5.74, 6) is -1.89. The van der Waals surface area contributed by atoms with Crippen LogP contribution < -0.4 is 5.32 Å². The molecule has 6 heteroatoms. The van der Waals surface area contributed by atoms with Gasteiger partial charge < -0.3 is 15.4 Å². The molecule has 1 saturated carbocycles. The lowest BCUT2D eigenvalue weighted by Crippen LogP contribution is -2.40. The minimum atomic E-state index is -0.876. The van der Waals surface area contributed by atoms with Crippen LogP contribution in [0.2, 0.25) is 0 Å². The van der Waals surface area contributed by atoms with Crippen molar-refractivity contribution < 1.29 is 19.5 Å². The summed E-state index contributed by atoms with van der Waals surface area (Å²) in [6, 6.07) is 1.14. The van der Waals surface area contributed by atoms with Crippen LogP contribution in [0.1, 0.15) is 47.0 Å². The summed E-state index contributed by atoms with van der Waals surface area (Å²) in [6.45, 7) is 1.42. The normalized spacial score (nSPS) is 22.2. The molecule has 1 amide bonds. The lowest BCUT2D eigenvalue weighted by atomic mass is 10.0. The molecule has 2 rings (SSSR count). The summed E-state index contributed by atoms with van der Waals surface area (Å²) in [4.78, 5) is 36.8. The first-order chi connectivity index (χ1) is 8.99. The minimum absolute atomic E-state index is 0.125. The standard InChI is InChI=1S/C13H16N2O4/c1-7(16)8-5-11(14-6-8)12(17)15-10-4-2-3-9(10)13(18)19/h5-6,9-10,14H,2-4H2,1H3,(H,15,17)(H,18,19). The van der Waals surface area contributed by atoms with E-state index in [0.29, 0.717) is 18.4 Å². The van der Waals surface area contributed by atoms with E-state index in [1.807, 2.05) is 0 Å². The third-order valence-electron chi connectivity index (χ3n) is 3.48. The van der Waals surface area contributed by atoms with Crippen molar-refractivity contribution in [3.63, 3.8) is 0 Å². The number of carboxylic acids is 1. The van der Waals surface area contributed by atoms with Crippen molar-refractivity contribution in [3.05, 3.63) is 23.5 Å². The predicted molar refractivity (Wildman–Crippen MR) is 67.0 cm³/mol. The Morgan fingerprint density at radius 2 is 2.11 bits per heavy atom. The molecule has 3 N–H and O–H groups in total. The molecule has 1 heterocycles. The monoisotopic (exact) mass is 264 g/mol. The van der Waals surface area contributed by atoms with Crippen LogP contribution >= 0.6 is 0 Å². The number of aromatic nitrogens is 1. The van der Waals surface area contributed by atoms with E-state index in [-0.39, 0.29) is 23.4 Å². The van der Waals surface area contributed by atoms with Gasteiger partial charge in [-0.2, -0.15) is 0 Å². The molecule has 2 atom stereocenters. The second-order valence-corrected chi connectivity index (χ2v) is 4.81. The second-order valence-electron chi connectivity index (χ2n) is 4.81. The van der Waals surface area contributed by atoms with Crippen LogP contribution in [-0.4, -0.2) is 33.8 Å². The quantitative estimate of drug-likeness (QED) is 0.711. The van der Waals surface area contributed by atoms with Gasteiger partial charge in [0.15, 0.2) is 5.78 Å². The first kappa shape index (κ1) is 13.3. The minimum Gasteiger partial charge on any atom is -0.481 e. The van der Waals surface area contributed by atoms with Crippen LogP contribution in [0.4, 0.5) is 0 Å². The molecule has 1 aliphatic rings. The lowest BCUT2D eigenvalue weighted by molar-refractivity contribution is -0.142. The van der Waals surface area contributed by atoms with Crippen LogP contribution in [-0.2, 0) is 4.79 Å². The average molecular weight is 264 g/mol. The number of Topliss-reactive ketones (excluding diaryl/α,β-unsaturated/α-hetero) is 1. The van der Waals surface area contributed by atoms with Crippen LogP contribution in [0.3, 0.4) is 0 Å². The fraction of sp³-hybridized carbons (Fsp3) is 0.462. The molecule has 6 nitrogen and oxygen atoms in total. The van der Waals surface area contributed by atoms with E-state index in [0.717, 1.165) is 6.42 Å². The lowest BCUT2D eigenvalue weighted by Gasteiger charge is -2.16. The van der Waals surface area contributed by atoms with Crippen molar-refractivity contribution in [2.45, 2.75) is 32.2 Å². The highest BCUT2D eigenvalue weighted by molar-refractivity contribution is 5.99. The molecule has 0 saturated heterocycles.